The third kappa shape index (κ3) is 2.19. The van der Waals surface area contributed by atoms with Crippen LogP contribution in [0.3, 0.4) is 0 Å². The lowest BCUT2D eigenvalue weighted by Crippen LogP contribution is -2.24. The third-order valence-corrected chi connectivity index (χ3v) is 3.38. The second kappa shape index (κ2) is 4.76. The number of aromatic nitrogens is 2. The van der Waals surface area contributed by atoms with Gasteiger partial charge in [0.1, 0.15) is 11.6 Å². The second-order valence-electron chi connectivity index (χ2n) is 4.69. The van der Waals surface area contributed by atoms with Gasteiger partial charge in [0.25, 0.3) is 5.91 Å². The topological polar surface area (TPSA) is 72.9 Å². The first kappa shape index (κ1) is 11.8. The number of carbonyl (C=O) groups excluding carboxylic acids is 1. The summed E-state index contributed by atoms with van der Waals surface area (Å²) in [5.74, 6) is 1.20. The smallest absolute Gasteiger partial charge is 0.273 e. The van der Waals surface area contributed by atoms with Gasteiger partial charge in [-0.3, -0.25) is 4.79 Å². The number of fused-ring (bicyclic) bond motifs is 1. The maximum Gasteiger partial charge on any atom is 0.273 e. The van der Waals surface area contributed by atoms with E-state index in [9.17, 15) is 4.79 Å². The van der Waals surface area contributed by atoms with Gasteiger partial charge in [-0.1, -0.05) is 30.3 Å². The molecule has 0 saturated heterocycles. The van der Waals surface area contributed by atoms with Crippen molar-refractivity contribution in [2.45, 2.75) is 25.9 Å². The van der Waals surface area contributed by atoms with E-state index in [0.717, 1.165) is 30.8 Å². The van der Waals surface area contributed by atoms with E-state index in [2.05, 4.69) is 10.3 Å². The monoisotopic (exact) mass is 256 g/mol. The number of nitrogens with zero attached hydrogens (tertiary/aromatic N) is 2. The molecule has 1 aliphatic heterocycles. The van der Waals surface area contributed by atoms with Crippen LogP contribution in [0.1, 0.15) is 28.3 Å². The highest BCUT2D eigenvalue weighted by molar-refractivity contribution is 5.96. The first-order chi connectivity index (χ1) is 9.25. The van der Waals surface area contributed by atoms with Crippen LogP contribution in [0, 0.1) is 0 Å². The fraction of sp³-hybridized carbons (Fsp3) is 0.286. The maximum atomic E-state index is 12.1. The molecule has 0 fully saturated rings. The van der Waals surface area contributed by atoms with Crippen molar-refractivity contribution in [1.82, 2.24) is 14.9 Å². The normalized spacial score (nSPS) is 13.3. The van der Waals surface area contributed by atoms with Crippen LogP contribution in [-0.2, 0) is 19.5 Å². The number of nitrogen functional groups attached to an aromatic ring is 1. The molecule has 1 amide bonds. The van der Waals surface area contributed by atoms with Gasteiger partial charge < -0.3 is 15.6 Å². The minimum Gasteiger partial charge on any atom is -0.383 e. The Morgan fingerprint density at radius 1 is 1.37 bits per heavy atom. The van der Waals surface area contributed by atoms with Crippen LogP contribution < -0.4 is 11.1 Å². The van der Waals surface area contributed by atoms with Gasteiger partial charge in [0.05, 0.1) is 0 Å². The van der Waals surface area contributed by atoms with Crippen molar-refractivity contribution >= 4 is 11.7 Å². The molecule has 0 unspecified atom stereocenters. The van der Waals surface area contributed by atoms with Crippen LogP contribution in [0.15, 0.2) is 30.3 Å². The van der Waals surface area contributed by atoms with Gasteiger partial charge in [-0.25, -0.2) is 4.98 Å². The summed E-state index contributed by atoms with van der Waals surface area (Å²) in [4.78, 5) is 16.4. The van der Waals surface area contributed by atoms with E-state index in [1.54, 1.807) is 0 Å². The molecule has 0 radical (unpaired) electrons. The maximum absolute atomic E-state index is 12.1. The molecular weight excluding hydrogens is 240 g/mol. The van der Waals surface area contributed by atoms with Crippen molar-refractivity contribution in [3.8, 4) is 0 Å². The molecule has 1 aromatic carbocycles. The zero-order valence-corrected chi connectivity index (χ0v) is 10.6. The Morgan fingerprint density at radius 2 is 2.16 bits per heavy atom. The highest BCUT2D eigenvalue weighted by Crippen LogP contribution is 2.21. The van der Waals surface area contributed by atoms with E-state index < -0.39 is 0 Å². The second-order valence-corrected chi connectivity index (χ2v) is 4.69. The van der Waals surface area contributed by atoms with E-state index in [-0.39, 0.29) is 5.91 Å². The molecule has 0 spiro atoms. The number of nitrogens with two attached hydrogens (primary N) is 1. The van der Waals surface area contributed by atoms with Crippen LogP contribution in [0.2, 0.25) is 0 Å². The fourth-order valence-electron chi connectivity index (χ4n) is 2.38. The van der Waals surface area contributed by atoms with E-state index >= 15 is 0 Å². The molecule has 5 heteroatoms. The molecule has 0 aliphatic carbocycles. The van der Waals surface area contributed by atoms with Crippen molar-refractivity contribution in [2.75, 3.05) is 5.73 Å². The molecule has 3 rings (SSSR count). The lowest BCUT2D eigenvalue weighted by Gasteiger charge is -2.05. The Balaban J connectivity index is 1.71. The Morgan fingerprint density at radius 3 is 2.89 bits per heavy atom. The molecule has 5 nitrogen and oxygen atoms in total. The molecule has 2 heterocycles. The van der Waals surface area contributed by atoms with Crippen molar-refractivity contribution in [2.24, 2.45) is 0 Å². The third-order valence-electron chi connectivity index (χ3n) is 3.38. The molecule has 0 saturated carbocycles. The zero-order chi connectivity index (χ0) is 13.2. The minimum absolute atomic E-state index is 0.205. The van der Waals surface area contributed by atoms with E-state index in [1.807, 2.05) is 34.9 Å². The number of carbonyl (C=O) groups is 1. The van der Waals surface area contributed by atoms with Crippen LogP contribution in [0.25, 0.3) is 0 Å². The predicted octanol–water partition coefficient (Wildman–Crippen LogP) is 1.34. The van der Waals surface area contributed by atoms with Gasteiger partial charge in [-0.05, 0) is 12.0 Å². The lowest BCUT2D eigenvalue weighted by molar-refractivity contribution is 0.0947. The summed E-state index contributed by atoms with van der Waals surface area (Å²) < 4.78 is 1.93. The summed E-state index contributed by atoms with van der Waals surface area (Å²) in [6.07, 6.45) is 1.95. The number of benzene rings is 1. The van der Waals surface area contributed by atoms with Crippen LogP contribution in [-0.4, -0.2) is 15.5 Å². The van der Waals surface area contributed by atoms with Crippen molar-refractivity contribution in [3.05, 3.63) is 47.4 Å². The molecule has 19 heavy (non-hydrogen) atoms. The van der Waals surface area contributed by atoms with Crippen molar-refractivity contribution in [3.63, 3.8) is 0 Å². The summed E-state index contributed by atoms with van der Waals surface area (Å²) in [5, 5.41) is 2.85. The number of rotatable bonds is 3. The summed E-state index contributed by atoms with van der Waals surface area (Å²) in [6, 6.07) is 9.78. The molecule has 3 N–H and O–H groups in total. The Kier molecular flexibility index (Phi) is 2.95. The number of aryl methyl sites for hydroxylation is 1. The van der Waals surface area contributed by atoms with Gasteiger partial charge in [0, 0.05) is 19.5 Å². The first-order valence-electron chi connectivity index (χ1n) is 6.42. The standard InChI is InChI=1S/C14H16N4O/c15-13-12(17-11-7-4-8-18(11)13)14(19)16-9-10-5-2-1-3-6-10/h1-3,5-6H,4,7-9,15H2,(H,16,19). The number of hydrogen-bond donors (Lipinski definition) is 2. The van der Waals surface area contributed by atoms with E-state index in [1.165, 1.54) is 0 Å². The number of nitrogens with one attached hydrogen (secondary N) is 1. The van der Waals surface area contributed by atoms with Crippen molar-refractivity contribution in [1.29, 1.82) is 0 Å². The summed E-state index contributed by atoms with van der Waals surface area (Å²) in [6.45, 7) is 1.35. The molecule has 0 atom stereocenters. The largest absolute Gasteiger partial charge is 0.383 e. The highest BCUT2D eigenvalue weighted by Gasteiger charge is 2.22. The average Bonchev–Trinajstić information content (AvgIpc) is 3.01. The molecule has 98 valence electrons. The van der Waals surface area contributed by atoms with E-state index in [4.69, 9.17) is 5.73 Å². The summed E-state index contributed by atoms with van der Waals surface area (Å²) >= 11 is 0. The molecule has 2 aromatic rings. The Labute approximate surface area is 111 Å². The number of imidazole rings is 1. The van der Waals surface area contributed by atoms with Crippen LogP contribution >= 0.6 is 0 Å². The SMILES string of the molecule is Nc1c(C(=O)NCc2ccccc2)nc2n1CCC2. The van der Waals surface area contributed by atoms with E-state index in [0.29, 0.717) is 18.1 Å². The van der Waals surface area contributed by atoms with Crippen LogP contribution in [0.5, 0.6) is 0 Å². The lowest BCUT2D eigenvalue weighted by atomic mass is 10.2. The number of hydrogen-bond acceptors (Lipinski definition) is 3. The Bertz CT molecular complexity index is 603. The quantitative estimate of drug-likeness (QED) is 0.870. The number of anilines is 1. The minimum atomic E-state index is -0.205. The Hall–Kier alpha value is -2.30. The predicted molar refractivity (Wildman–Crippen MR) is 72.6 cm³/mol. The molecule has 1 aliphatic rings. The molecule has 1 aromatic heterocycles. The fourth-order valence-corrected chi connectivity index (χ4v) is 2.38. The number of amides is 1. The summed E-state index contributed by atoms with van der Waals surface area (Å²) in [5.41, 5.74) is 7.37. The van der Waals surface area contributed by atoms with Gasteiger partial charge >= 0.3 is 0 Å². The van der Waals surface area contributed by atoms with Gasteiger partial charge in [-0.15, -0.1) is 0 Å². The van der Waals surface area contributed by atoms with Crippen molar-refractivity contribution < 1.29 is 4.79 Å². The molecular formula is C14H16N4O. The highest BCUT2D eigenvalue weighted by atomic mass is 16.1. The van der Waals surface area contributed by atoms with Gasteiger partial charge in [-0.2, -0.15) is 0 Å². The van der Waals surface area contributed by atoms with Gasteiger partial charge in [0.15, 0.2) is 5.69 Å². The van der Waals surface area contributed by atoms with Crippen LogP contribution in [0.4, 0.5) is 5.82 Å². The summed E-state index contributed by atoms with van der Waals surface area (Å²) in [7, 11) is 0. The first-order valence-corrected chi connectivity index (χ1v) is 6.42. The average molecular weight is 256 g/mol. The zero-order valence-electron chi connectivity index (χ0n) is 10.6. The molecule has 0 bridgehead atoms. The van der Waals surface area contributed by atoms with Gasteiger partial charge in [0.2, 0.25) is 0 Å².